The van der Waals surface area contributed by atoms with Crippen molar-refractivity contribution in [3.05, 3.63) is 87.9 Å². The van der Waals surface area contributed by atoms with Crippen LogP contribution in [0, 0.1) is 0 Å². The Morgan fingerprint density at radius 2 is 1.57 bits per heavy atom. The van der Waals surface area contributed by atoms with Gasteiger partial charge in [-0.3, -0.25) is 4.79 Å². The van der Waals surface area contributed by atoms with Gasteiger partial charge in [0.15, 0.2) is 5.09 Å². The van der Waals surface area contributed by atoms with Crippen LogP contribution in [0.25, 0.3) is 5.76 Å². The first kappa shape index (κ1) is 13.8. The van der Waals surface area contributed by atoms with E-state index in [1.165, 1.54) is 11.8 Å². The van der Waals surface area contributed by atoms with Crippen LogP contribution in [0.2, 0.25) is 0 Å². The lowest BCUT2D eigenvalue weighted by Crippen LogP contribution is -2.15. The summed E-state index contributed by atoms with van der Waals surface area (Å²) in [4.78, 5) is 12.2. The zero-order valence-corrected chi connectivity index (χ0v) is 12.8. The Balaban J connectivity index is 1.68. The van der Waals surface area contributed by atoms with Crippen molar-refractivity contribution >= 4 is 29.1 Å². The summed E-state index contributed by atoms with van der Waals surface area (Å²) in [5.41, 5.74) is 5.47. The first-order valence-electron chi connectivity index (χ1n) is 7.11. The number of rotatable bonds is 2. The monoisotopic (exact) mass is 320 g/mol. The average Bonchev–Trinajstić information content (AvgIpc) is 3.23. The van der Waals surface area contributed by atoms with Gasteiger partial charge in [-0.15, -0.1) is 0 Å². The highest BCUT2D eigenvalue weighted by molar-refractivity contribution is 8.06. The van der Waals surface area contributed by atoms with Gasteiger partial charge in [-0.2, -0.15) is 5.10 Å². The number of hydrogen-bond donors (Lipinski definition) is 1. The molecule has 5 heteroatoms. The summed E-state index contributed by atoms with van der Waals surface area (Å²) in [6, 6.07) is 19.4. The van der Waals surface area contributed by atoms with E-state index in [-0.39, 0.29) is 5.91 Å². The van der Waals surface area contributed by atoms with Gasteiger partial charge in [0.25, 0.3) is 5.91 Å². The molecule has 4 rings (SSSR count). The molecule has 0 saturated carbocycles. The smallest absolute Gasteiger partial charge is 0.278 e. The highest BCUT2D eigenvalue weighted by atomic mass is 32.2. The summed E-state index contributed by atoms with van der Waals surface area (Å²) in [6.07, 6.45) is 0. The van der Waals surface area contributed by atoms with Crippen molar-refractivity contribution in [3.63, 3.8) is 0 Å². The van der Waals surface area contributed by atoms with E-state index in [9.17, 15) is 4.79 Å². The molecule has 0 unspecified atom stereocenters. The fraction of sp³-hybridized carbons (Fsp3) is 0. The summed E-state index contributed by atoms with van der Waals surface area (Å²) < 4.78 is 5.92. The van der Waals surface area contributed by atoms with Crippen LogP contribution in [-0.2, 0) is 9.53 Å². The van der Waals surface area contributed by atoms with Gasteiger partial charge in [0.2, 0.25) is 0 Å². The number of thioether (sulfide) groups is 1. The molecule has 4 nitrogen and oxygen atoms in total. The molecule has 2 aliphatic heterocycles. The second-order valence-electron chi connectivity index (χ2n) is 5.00. The molecule has 0 aliphatic carbocycles. The zero-order chi connectivity index (χ0) is 15.6. The SMILES string of the molecule is O=C1NN=C(c2ccccc2)C1=C1OC(c2ccccc2)=CS1. The van der Waals surface area contributed by atoms with E-state index in [2.05, 4.69) is 10.5 Å². The third-order valence-electron chi connectivity index (χ3n) is 3.52. The van der Waals surface area contributed by atoms with Crippen LogP contribution in [0.4, 0.5) is 0 Å². The van der Waals surface area contributed by atoms with E-state index >= 15 is 0 Å². The highest BCUT2D eigenvalue weighted by Crippen LogP contribution is 2.39. The normalized spacial score (nSPS) is 19.9. The molecule has 0 atom stereocenters. The predicted octanol–water partition coefficient (Wildman–Crippen LogP) is 3.49. The molecular weight excluding hydrogens is 308 g/mol. The van der Waals surface area contributed by atoms with Gasteiger partial charge >= 0.3 is 0 Å². The average molecular weight is 320 g/mol. The number of hydrazone groups is 1. The van der Waals surface area contributed by atoms with E-state index in [1.54, 1.807) is 0 Å². The van der Waals surface area contributed by atoms with Crippen LogP contribution in [0.1, 0.15) is 11.1 Å². The Morgan fingerprint density at radius 1 is 0.913 bits per heavy atom. The van der Waals surface area contributed by atoms with Gasteiger partial charge < -0.3 is 4.74 Å². The van der Waals surface area contributed by atoms with Crippen LogP contribution >= 0.6 is 11.8 Å². The molecule has 2 heterocycles. The minimum atomic E-state index is -0.242. The number of amides is 1. The number of benzene rings is 2. The van der Waals surface area contributed by atoms with Gasteiger partial charge in [-0.25, -0.2) is 5.43 Å². The number of ether oxygens (including phenoxy) is 1. The predicted molar refractivity (Wildman–Crippen MR) is 91.2 cm³/mol. The van der Waals surface area contributed by atoms with Crippen LogP contribution in [0.5, 0.6) is 0 Å². The zero-order valence-electron chi connectivity index (χ0n) is 12.0. The van der Waals surface area contributed by atoms with Gasteiger partial charge in [0.05, 0.1) is 0 Å². The number of nitrogens with one attached hydrogen (secondary N) is 1. The van der Waals surface area contributed by atoms with Crippen LogP contribution in [0.3, 0.4) is 0 Å². The Morgan fingerprint density at radius 3 is 2.26 bits per heavy atom. The fourth-order valence-corrected chi connectivity index (χ4v) is 3.26. The Labute approximate surface area is 137 Å². The number of hydrogen-bond acceptors (Lipinski definition) is 4. The molecule has 2 aromatic rings. The lowest BCUT2D eigenvalue weighted by Gasteiger charge is -2.07. The number of nitrogens with zero attached hydrogens (tertiary/aromatic N) is 1. The molecule has 2 aromatic carbocycles. The molecule has 112 valence electrons. The van der Waals surface area contributed by atoms with Gasteiger partial charge in [0.1, 0.15) is 17.0 Å². The van der Waals surface area contributed by atoms with E-state index < -0.39 is 0 Å². The Bertz CT molecular complexity index is 855. The third-order valence-corrected chi connectivity index (χ3v) is 4.35. The molecule has 0 spiro atoms. The van der Waals surface area contributed by atoms with Crippen molar-refractivity contribution in [3.8, 4) is 0 Å². The number of carbonyl (C=O) groups excluding carboxylic acids is 1. The quantitative estimate of drug-likeness (QED) is 0.862. The first-order valence-corrected chi connectivity index (χ1v) is 7.99. The lowest BCUT2D eigenvalue weighted by molar-refractivity contribution is -0.116. The molecule has 0 fully saturated rings. The molecule has 2 aliphatic rings. The van der Waals surface area contributed by atoms with Crippen molar-refractivity contribution in [1.82, 2.24) is 5.43 Å². The van der Waals surface area contributed by atoms with Crippen molar-refractivity contribution in [1.29, 1.82) is 0 Å². The summed E-state index contributed by atoms with van der Waals surface area (Å²) in [6.45, 7) is 0. The highest BCUT2D eigenvalue weighted by Gasteiger charge is 2.31. The van der Waals surface area contributed by atoms with Crippen LogP contribution < -0.4 is 5.43 Å². The van der Waals surface area contributed by atoms with Gasteiger partial charge in [-0.1, -0.05) is 72.4 Å². The van der Waals surface area contributed by atoms with E-state index in [0.717, 1.165) is 16.9 Å². The largest absolute Gasteiger partial charge is 0.448 e. The molecule has 1 amide bonds. The molecule has 0 bridgehead atoms. The summed E-state index contributed by atoms with van der Waals surface area (Å²) in [7, 11) is 0. The van der Waals surface area contributed by atoms with Crippen molar-refractivity contribution < 1.29 is 9.53 Å². The molecule has 0 saturated heterocycles. The molecule has 1 N–H and O–H groups in total. The summed E-state index contributed by atoms with van der Waals surface area (Å²) >= 11 is 1.40. The summed E-state index contributed by atoms with van der Waals surface area (Å²) in [5, 5.41) is 6.62. The van der Waals surface area contributed by atoms with E-state index in [0.29, 0.717) is 16.4 Å². The Kier molecular flexibility index (Phi) is 3.48. The maximum absolute atomic E-state index is 12.2. The fourth-order valence-electron chi connectivity index (χ4n) is 2.41. The number of carbonyl (C=O) groups is 1. The topological polar surface area (TPSA) is 50.7 Å². The lowest BCUT2D eigenvalue weighted by atomic mass is 10.0. The maximum atomic E-state index is 12.2. The molecular formula is C18H12N2O2S. The van der Waals surface area contributed by atoms with Crippen LogP contribution in [-0.4, -0.2) is 11.6 Å². The Hall–Kier alpha value is -2.79. The van der Waals surface area contributed by atoms with E-state index in [4.69, 9.17) is 4.74 Å². The second-order valence-corrected chi connectivity index (χ2v) is 5.84. The van der Waals surface area contributed by atoms with E-state index in [1.807, 2.05) is 66.1 Å². The minimum absolute atomic E-state index is 0.242. The van der Waals surface area contributed by atoms with Crippen LogP contribution in [0.15, 0.2) is 81.8 Å². The van der Waals surface area contributed by atoms with Crippen molar-refractivity contribution in [2.24, 2.45) is 5.10 Å². The van der Waals surface area contributed by atoms with Crippen molar-refractivity contribution in [2.75, 3.05) is 0 Å². The van der Waals surface area contributed by atoms with Crippen molar-refractivity contribution in [2.45, 2.75) is 0 Å². The summed E-state index contributed by atoms with van der Waals surface area (Å²) in [5.74, 6) is 0.499. The second kappa shape index (κ2) is 5.78. The van der Waals surface area contributed by atoms with Gasteiger partial charge in [0, 0.05) is 16.5 Å². The molecule has 0 aromatic heterocycles. The third kappa shape index (κ3) is 2.55. The molecule has 0 radical (unpaired) electrons. The molecule has 23 heavy (non-hydrogen) atoms. The first-order chi connectivity index (χ1) is 11.3. The van der Waals surface area contributed by atoms with Gasteiger partial charge in [-0.05, 0) is 0 Å². The minimum Gasteiger partial charge on any atom is -0.448 e. The maximum Gasteiger partial charge on any atom is 0.278 e. The standard InChI is InChI=1S/C18H12N2O2S/c21-17-15(16(19-20-17)13-9-5-2-6-10-13)18-22-14(11-23-18)12-7-3-1-4-8-12/h1-11H,(H,20,21).